The third kappa shape index (κ3) is 3.43. The Morgan fingerprint density at radius 2 is 1.47 bits per heavy atom. The van der Waals surface area contributed by atoms with E-state index in [0.29, 0.717) is 26.2 Å². The number of aliphatic hydroxyl groups is 1. The average molecular weight is 242 g/mol. The highest BCUT2D eigenvalue weighted by Gasteiger charge is 2.31. The average Bonchev–Trinajstić information content (AvgIpc) is 2.26. The molecule has 0 aromatic carbocycles. The highest BCUT2D eigenvalue weighted by Crippen LogP contribution is 2.18. The van der Waals surface area contributed by atoms with Crippen LogP contribution in [-0.4, -0.2) is 59.0 Å². The van der Waals surface area contributed by atoms with Crippen LogP contribution in [0.5, 0.6) is 0 Å². The lowest BCUT2D eigenvalue weighted by atomic mass is 9.94. The van der Waals surface area contributed by atoms with Crippen LogP contribution >= 0.6 is 0 Å². The van der Waals surface area contributed by atoms with Crippen LogP contribution in [0.1, 0.15) is 27.7 Å². The Hall–Kier alpha value is -1.10. The van der Waals surface area contributed by atoms with Crippen LogP contribution < -0.4 is 0 Å². The summed E-state index contributed by atoms with van der Waals surface area (Å²) < 4.78 is 0. The second kappa shape index (κ2) is 5.04. The first-order valence-electron chi connectivity index (χ1n) is 5.99. The van der Waals surface area contributed by atoms with Gasteiger partial charge in [0, 0.05) is 31.6 Å². The summed E-state index contributed by atoms with van der Waals surface area (Å²) in [6.45, 7) is 9.25. The number of hydrogen-bond donors (Lipinski definition) is 1. The van der Waals surface area contributed by atoms with Gasteiger partial charge < -0.3 is 14.9 Å². The molecule has 5 nitrogen and oxygen atoms in total. The first-order chi connectivity index (χ1) is 7.73. The van der Waals surface area contributed by atoms with Crippen molar-refractivity contribution in [3.63, 3.8) is 0 Å². The van der Waals surface area contributed by atoms with Gasteiger partial charge in [0.05, 0.1) is 0 Å². The number of aliphatic hydroxyl groups excluding tert-OH is 1. The topological polar surface area (TPSA) is 60.9 Å². The predicted molar refractivity (Wildman–Crippen MR) is 64.3 cm³/mol. The van der Waals surface area contributed by atoms with Crippen molar-refractivity contribution < 1.29 is 14.7 Å². The summed E-state index contributed by atoms with van der Waals surface area (Å²) >= 11 is 0. The molecule has 0 radical (unpaired) electrons. The van der Waals surface area contributed by atoms with E-state index < -0.39 is 6.10 Å². The third-order valence-corrected chi connectivity index (χ3v) is 2.88. The summed E-state index contributed by atoms with van der Waals surface area (Å²) in [5.41, 5.74) is -0.379. The molecule has 0 bridgehead atoms. The van der Waals surface area contributed by atoms with Crippen molar-refractivity contribution in [1.29, 1.82) is 0 Å². The Bertz CT molecular complexity index is 299. The smallest absolute Gasteiger partial charge is 0.251 e. The Morgan fingerprint density at radius 1 is 1.06 bits per heavy atom. The highest BCUT2D eigenvalue weighted by atomic mass is 16.3. The molecule has 1 aliphatic rings. The molecule has 5 heteroatoms. The van der Waals surface area contributed by atoms with Gasteiger partial charge in [0.15, 0.2) is 0 Å². The predicted octanol–water partition coefficient (Wildman–Crippen LogP) is 0.0841. The summed E-state index contributed by atoms with van der Waals surface area (Å²) in [7, 11) is 0. The molecule has 1 atom stereocenters. The fraction of sp³-hybridized carbons (Fsp3) is 0.833. The number of piperazine rings is 1. The lowest BCUT2D eigenvalue weighted by Crippen LogP contribution is -2.54. The largest absolute Gasteiger partial charge is 0.384 e. The van der Waals surface area contributed by atoms with Gasteiger partial charge in [-0.1, -0.05) is 20.8 Å². The number of amides is 2. The molecule has 0 spiro atoms. The van der Waals surface area contributed by atoms with Crippen LogP contribution in [-0.2, 0) is 9.59 Å². The maximum atomic E-state index is 12.0. The van der Waals surface area contributed by atoms with Gasteiger partial charge in [-0.3, -0.25) is 9.59 Å². The van der Waals surface area contributed by atoms with Crippen molar-refractivity contribution in [1.82, 2.24) is 9.80 Å². The Labute approximate surface area is 102 Å². The van der Waals surface area contributed by atoms with E-state index in [0.717, 1.165) is 0 Å². The van der Waals surface area contributed by atoms with Crippen LogP contribution in [0.2, 0.25) is 0 Å². The summed E-state index contributed by atoms with van der Waals surface area (Å²) in [6, 6.07) is 0. The van der Waals surface area contributed by atoms with Crippen LogP contribution in [0.25, 0.3) is 0 Å². The molecule has 1 unspecified atom stereocenters. The van der Waals surface area contributed by atoms with E-state index in [4.69, 9.17) is 0 Å². The van der Waals surface area contributed by atoms with E-state index in [-0.39, 0.29) is 17.2 Å². The zero-order valence-electron chi connectivity index (χ0n) is 11.1. The van der Waals surface area contributed by atoms with E-state index in [1.54, 1.807) is 9.80 Å². The maximum Gasteiger partial charge on any atom is 0.251 e. The van der Waals surface area contributed by atoms with Gasteiger partial charge >= 0.3 is 0 Å². The number of carbonyl (C=O) groups is 2. The maximum absolute atomic E-state index is 12.0. The molecule has 0 aromatic heterocycles. The molecule has 1 fully saturated rings. The van der Waals surface area contributed by atoms with Crippen molar-refractivity contribution in [2.45, 2.75) is 33.8 Å². The van der Waals surface area contributed by atoms with E-state index >= 15 is 0 Å². The molecule has 0 aromatic rings. The molecule has 0 saturated carbocycles. The molecule has 1 saturated heterocycles. The van der Waals surface area contributed by atoms with Crippen molar-refractivity contribution in [2.24, 2.45) is 5.41 Å². The second-order valence-corrected chi connectivity index (χ2v) is 5.54. The van der Waals surface area contributed by atoms with Crippen LogP contribution in [0.3, 0.4) is 0 Å². The summed E-state index contributed by atoms with van der Waals surface area (Å²) in [5, 5.41) is 9.21. The molecule has 98 valence electrons. The molecule has 2 amide bonds. The second-order valence-electron chi connectivity index (χ2n) is 5.54. The van der Waals surface area contributed by atoms with Crippen molar-refractivity contribution in [3.8, 4) is 0 Å². The van der Waals surface area contributed by atoms with E-state index in [9.17, 15) is 14.7 Å². The molecular weight excluding hydrogens is 220 g/mol. The summed E-state index contributed by atoms with van der Waals surface area (Å²) in [4.78, 5) is 26.9. The van der Waals surface area contributed by atoms with Crippen molar-refractivity contribution in [3.05, 3.63) is 0 Å². The third-order valence-electron chi connectivity index (χ3n) is 2.88. The van der Waals surface area contributed by atoms with Crippen LogP contribution in [0, 0.1) is 5.41 Å². The SMILES string of the molecule is CC(O)C(=O)N1CCN(C(=O)C(C)(C)C)CC1. The van der Waals surface area contributed by atoms with E-state index in [2.05, 4.69) is 0 Å². The van der Waals surface area contributed by atoms with Crippen LogP contribution in [0.4, 0.5) is 0 Å². The fourth-order valence-electron chi connectivity index (χ4n) is 1.87. The molecular formula is C12H22N2O3. The molecule has 1 N–H and O–H groups in total. The lowest BCUT2D eigenvalue weighted by Gasteiger charge is -2.38. The van der Waals surface area contributed by atoms with Gasteiger partial charge in [-0.05, 0) is 6.92 Å². The lowest BCUT2D eigenvalue weighted by molar-refractivity contribution is -0.148. The van der Waals surface area contributed by atoms with Gasteiger partial charge in [0.2, 0.25) is 5.91 Å². The standard InChI is InChI=1S/C12H22N2O3/c1-9(15)10(16)13-5-7-14(8-6-13)11(17)12(2,3)4/h9,15H,5-8H2,1-4H3. The number of nitrogens with zero attached hydrogens (tertiary/aromatic N) is 2. The molecule has 1 aliphatic heterocycles. The molecule has 1 rings (SSSR count). The minimum atomic E-state index is -0.958. The Balaban J connectivity index is 2.52. The van der Waals surface area contributed by atoms with E-state index in [1.807, 2.05) is 20.8 Å². The van der Waals surface area contributed by atoms with Gasteiger partial charge in [-0.15, -0.1) is 0 Å². The number of rotatable bonds is 1. The quantitative estimate of drug-likeness (QED) is 0.708. The van der Waals surface area contributed by atoms with Gasteiger partial charge in [-0.2, -0.15) is 0 Å². The zero-order valence-corrected chi connectivity index (χ0v) is 11.1. The first-order valence-corrected chi connectivity index (χ1v) is 5.99. The van der Waals surface area contributed by atoms with Crippen molar-refractivity contribution >= 4 is 11.8 Å². The minimum Gasteiger partial charge on any atom is -0.384 e. The van der Waals surface area contributed by atoms with E-state index in [1.165, 1.54) is 6.92 Å². The molecule has 0 aliphatic carbocycles. The number of carbonyl (C=O) groups excluding carboxylic acids is 2. The monoisotopic (exact) mass is 242 g/mol. The summed E-state index contributed by atoms with van der Waals surface area (Å²) in [6.07, 6.45) is -0.958. The van der Waals surface area contributed by atoms with Gasteiger partial charge in [0.25, 0.3) is 5.91 Å². The fourth-order valence-corrected chi connectivity index (χ4v) is 1.87. The van der Waals surface area contributed by atoms with Gasteiger partial charge in [0.1, 0.15) is 6.10 Å². The van der Waals surface area contributed by atoms with Crippen molar-refractivity contribution in [2.75, 3.05) is 26.2 Å². The van der Waals surface area contributed by atoms with Crippen LogP contribution in [0.15, 0.2) is 0 Å². The Kier molecular flexibility index (Phi) is 4.14. The summed E-state index contributed by atoms with van der Waals surface area (Å²) in [5.74, 6) is -0.144. The minimum absolute atomic E-state index is 0.113. The van der Waals surface area contributed by atoms with Gasteiger partial charge in [-0.25, -0.2) is 0 Å². The molecule has 1 heterocycles. The normalized spacial score (nSPS) is 19.1. The Morgan fingerprint density at radius 3 is 1.82 bits per heavy atom. The first kappa shape index (κ1) is 14.0. The number of hydrogen-bond acceptors (Lipinski definition) is 3. The zero-order chi connectivity index (χ0) is 13.2. The molecule has 17 heavy (non-hydrogen) atoms. The highest BCUT2D eigenvalue weighted by molar-refractivity contribution is 5.83.